The van der Waals surface area contributed by atoms with Crippen molar-refractivity contribution in [3.05, 3.63) is 32.0 Å². The van der Waals surface area contributed by atoms with Gasteiger partial charge in [-0.15, -0.1) is 11.3 Å². The first-order valence-corrected chi connectivity index (χ1v) is 5.93. The molecule has 0 radical (unpaired) electrons. The van der Waals surface area contributed by atoms with Crippen molar-refractivity contribution >= 4 is 53.3 Å². The van der Waals surface area contributed by atoms with E-state index in [1.54, 1.807) is 11.3 Å². The molecule has 62 valence electrons. The Labute approximate surface area is 91.9 Å². The number of benzene rings is 1. The van der Waals surface area contributed by atoms with Gasteiger partial charge in [-0.2, -0.15) is 0 Å². The molecular weight excluding hydrogens is 300 g/mol. The summed E-state index contributed by atoms with van der Waals surface area (Å²) in [5.74, 6) is 0. The highest BCUT2D eigenvalue weighted by Crippen LogP contribution is 2.39. The predicted octanol–water partition coefficient (Wildman–Crippen LogP) is 4.73. The Hall–Kier alpha value is 0.140. The second-order valence-electron chi connectivity index (χ2n) is 2.69. The lowest BCUT2D eigenvalue weighted by Crippen LogP contribution is -1.68. The monoisotopic (exact) mass is 304 g/mol. The molecule has 2 rings (SSSR count). The Morgan fingerprint density at radius 2 is 2.00 bits per heavy atom. The number of hydrogen-bond acceptors (Lipinski definition) is 1. The lowest BCUT2D eigenvalue weighted by atomic mass is 10.2. The van der Waals surface area contributed by atoms with E-state index in [2.05, 4.69) is 57.0 Å². The largest absolute Gasteiger partial charge is 0.127 e. The highest BCUT2D eigenvalue weighted by molar-refractivity contribution is 9.13. The van der Waals surface area contributed by atoms with E-state index in [9.17, 15) is 0 Å². The van der Waals surface area contributed by atoms with Crippen LogP contribution in [0.3, 0.4) is 0 Å². The van der Waals surface area contributed by atoms with Gasteiger partial charge >= 0.3 is 0 Å². The van der Waals surface area contributed by atoms with Crippen molar-refractivity contribution in [2.24, 2.45) is 0 Å². The number of fused-ring (bicyclic) bond motifs is 1. The van der Waals surface area contributed by atoms with E-state index in [0.717, 1.165) is 0 Å². The lowest BCUT2D eigenvalue weighted by molar-refractivity contribution is 1.52. The molecule has 3 heteroatoms. The van der Waals surface area contributed by atoms with E-state index in [1.807, 2.05) is 0 Å². The van der Waals surface area contributed by atoms with E-state index < -0.39 is 0 Å². The van der Waals surface area contributed by atoms with E-state index in [-0.39, 0.29) is 0 Å². The molecule has 0 spiro atoms. The second kappa shape index (κ2) is 3.13. The Balaban J connectivity index is 2.87. The molecule has 0 aliphatic carbocycles. The fraction of sp³-hybridized carbons (Fsp3) is 0.111. The molecule has 1 heterocycles. The van der Waals surface area contributed by atoms with E-state index in [4.69, 9.17) is 0 Å². The third-order valence-corrected chi connectivity index (χ3v) is 5.19. The van der Waals surface area contributed by atoms with Crippen molar-refractivity contribution in [1.82, 2.24) is 0 Å². The quantitative estimate of drug-likeness (QED) is 0.660. The summed E-state index contributed by atoms with van der Waals surface area (Å²) in [6, 6.07) is 6.48. The Morgan fingerprint density at radius 3 is 2.75 bits per heavy atom. The molecule has 0 aliphatic rings. The van der Waals surface area contributed by atoms with Gasteiger partial charge in [0.1, 0.15) is 0 Å². The standard InChI is InChI=1S/C9H6Br2S/c1-5-2-3-6-7(4-5)12-9(11)8(6)10/h2-4H,1H3. The summed E-state index contributed by atoms with van der Waals surface area (Å²) >= 11 is 8.81. The number of hydrogen-bond donors (Lipinski definition) is 0. The molecule has 0 saturated carbocycles. The van der Waals surface area contributed by atoms with Crippen LogP contribution in [-0.4, -0.2) is 0 Å². The molecule has 0 atom stereocenters. The van der Waals surface area contributed by atoms with Gasteiger partial charge in [-0.1, -0.05) is 12.1 Å². The number of rotatable bonds is 0. The summed E-state index contributed by atoms with van der Waals surface area (Å²) in [5.41, 5.74) is 1.31. The molecule has 0 N–H and O–H groups in total. The number of aryl methyl sites for hydroxylation is 1. The van der Waals surface area contributed by atoms with Crippen LogP contribution in [0.4, 0.5) is 0 Å². The molecule has 12 heavy (non-hydrogen) atoms. The SMILES string of the molecule is Cc1ccc2c(Br)c(Br)sc2c1. The Morgan fingerprint density at radius 1 is 1.25 bits per heavy atom. The average molecular weight is 306 g/mol. The van der Waals surface area contributed by atoms with E-state index in [0.29, 0.717) is 0 Å². The Kier molecular flexibility index (Phi) is 2.27. The second-order valence-corrected chi connectivity index (χ2v) is 5.85. The highest BCUT2D eigenvalue weighted by atomic mass is 79.9. The van der Waals surface area contributed by atoms with Gasteiger partial charge in [0.25, 0.3) is 0 Å². The summed E-state index contributed by atoms with van der Waals surface area (Å²) in [4.78, 5) is 0. The van der Waals surface area contributed by atoms with E-state index >= 15 is 0 Å². The zero-order valence-electron chi connectivity index (χ0n) is 6.40. The van der Waals surface area contributed by atoms with Crippen LogP contribution in [0, 0.1) is 6.92 Å². The smallest absolute Gasteiger partial charge is 0.0853 e. The van der Waals surface area contributed by atoms with Gasteiger partial charge in [0.05, 0.1) is 8.26 Å². The van der Waals surface area contributed by atoms with Gasteiger partial charge in [0, 0.05) is 10.1 Å². The molecular formula is C9H6Br2S. The van der Waals surface area contributed by atoms with Crippen molar-refractivity contribution < 1.29 is 0 Å². The molecule has 1 aromatic heterocycles. The first-order chi connectivity index (χ1) is 5.68. The van der Waals surface area contributed by atoms with Crippen LogP contribution in [0.2, 0.25) is 0 Å². The topological polar surface area (TPSA) is 0 Å². The minimum Gasteiger partial charge on any atom is -0.127 e. The first-order valence-electron chi connectivity index (χ1n) is 3.52. The van der Waals surface area contributed by atoms with Gasteiger partial charge in [0.2, 0.25) is 0 Å². The van der Waals surface area contributed by atoms with Crippen LogP contribution < -0.4 is 0 Å². The highest BCUT2D eigenvalue weighted by Gasteiger charge is 2.06. The van der Waals surface area contributed by atoms with Crippen LogP contribution >= 0.6 is 43.2 Å². The minimum atomic E-state index is 1.17. The average Bonchev–Trinajstić information content (AvgIpc) is 2.28. The van der Waals surface area contributed by atoms with Crippen LogP contribution in [-0.2, 0) is 0 Å². The summed E-state index contributed by atoms with van der Waals surface area (Å²) < 4.78 is 3.67. The molecule has 1 aromatic carbocycles. The molecule has 0 unspecified atom stereocenters. The van der Waals surface area contributed by atoms with Crippen molar-refractivity contribution in [3.8, 4) is 0 Å². The zero-order valence-corrected chi connectivity index (χ0v) is 10.4. The fourth-order valence-corrected chi connectivity index (χ4v) is 3.52. The maximum Gasteiger partial charge on any atom is 0.0853 e. The maximum atomic E-state index is 3.54. The normalized spacial score (nSPS) is 10.9. The Bertz CT molecular complexity index is 431. The zero-order chi connectivity index (χ0) is 8.72. The maximum absolute atomic E-state index is 3.54. The van der Waals surface area contributed by atoms with Crippen molar-refractivity contribution in [2.75, 3.05) is 0 Å². The van der Waals surface area contributed by atoms with Crippen LogP contribution in [0.25, 0.3) is 10.1 Å². The van der Waals surface area contributed by atoms with Crippen molar-refractivity contribution in [3.63, 3.8) is 0 Å². The van der Waals surface area contributed by atoms with Gasteiger partial charge in [-0.05, 0) is 50.4 Å². The van der Waals surface area contributed by atoms with Gasteiger partial charge in [-0.25, -0.2) is 0 Å². The van der Waals surface area contributed by atoms with Crippen LogP contribution in [0.5, 0.6) is 0 Å². The van der Waals surface area contributed by atoms with Gasteiger partial charge < -0.3 is 0 Å². The summed E-state index contributed by atoms with van der Waals surface area (Å²) in [6.45, 7) is 2.11. The van der Waals surface area contributed by atoms with Gasteiger partial charge in [0.15, 0.2) is 0 Å². The third-order valence-electron chi connectivity index (χ3n) is 1.75. The van der Waals surface area contributed by atoms with Crippen LogP contribution in [0.15, 0.2) is 26.5 Å². The number of halogens is 2. The van der Waals surface area contributed by atoms with Gasteiger partial charge in [-0.3, -0.25) is 0 Å². The van der Waals surface area contributed by atoms with Crippen molar-refractivity contribution in [2.45, 2.75) is 6.92 Å². The van der Waals surface area contributed by atoms with Crippen LogP contribution in [0.1, 0.15) is 5.56 Å². The summed E-state index contributed by atoms with van der Waals surface area (Å²) in [6.07, 6.45) is 0. The predicted molar refractivity (Wildman–Crippen MR) is 62.0 cm³/mol. The first kappa shape index (κ1) is 8.73. The molecule has 0 saturated heterocycles. The van der Waals surface area contributed by atoms with Crippen molar-refractivity contribution in [1.29, 1.82) is 0 Å². The molecule has 2 aromatic rings. The molecule has 0 bridgehead atoms. The molecule has 0 amide bonds. The third kappa shape index (κ3) is 1.34. The number of thiophene rings is 1. The summed E-state index contributed by atoms with van der Waals surface area (Å²) in [5, 5.41) is 1.29. The summed E-state index contributed by atoms with van der Waals surface area (Å²) in [7, 11) is 0. The lowest BCUT2D eigenvalue weighted by Gasteiger charge is -1.91. The molecule has 0 nitrogen and oxygen atoms in total. The minimum absolute atomic E-state index is 1.17. The fourth-order valence-electron chi connectivity index (χ4n) is 1.14. The molecule has 0 aliphatic heterocycles. The van der Waals surface area contributed by atoms with E-state index in [1.165, 1.54) is 23.9 Å². The molecule has 0 fully saturated rings.